The van der Waals surface area contributed by atoms with Crippen LogP contribution in [0.4, 0.5) is 0 Å². The zero-order valence-electron chi connectivity index (χ0n) is 10.3. The molecule has 1 N–H and O–H groups in total. The average Bonchev–Trinajstić information content (AvgIpc) is 2.54. The zero-order chi connectivity index (χ0) is 11.5. The van der Waals surface area contributed by atoms with Gasteiger partial charge in [-0.3, -0.25) is 4.79 Å². The predicted octanol–water partition coefficient (Wildman–Crippen LogP) is 1.96. The van der Waals surface area contributed by atoms with Crippen LogP contribution in [0.1, 0.15) is 40.5 Å². The Kier molecular flexibility index (Phi) is 4.14. The van der Waals surface area contributed by atoms with Crippen molar-refractivity contribution in [2.24, 2.45) is 11.3 Å². The van der Waals surface area contributed by atoms with Crippen LogP contribution >= 0.6 is 0 Å². The zero-order valence-corrected chi connectivity index (χ0v) is 10.3. The Hall–Kier alpha value is -0.570. The van der Waals surface area contributed by atoms with Crippen LogP contribution in [0.25, 0.3) is 0 Å². The van der Waals surface area contributed by atoms with E-state index < -0.39 is 0 Å². The summed E-state index contributed by atoms with van der Waals surface area (Å²) in [5, 5.41) is 3.20. The minimum Gasteiger partial charge on any atom is -0.461 e. The second-order valence-corrected chi connectivity index (χ2v) is 5.38. The van der Waals surface area contributed by atoms with E-state index in [2.05, 4.69) is 26.1 Å². The molecule has 3 nitrogen and oxygen atoms in total. The van der Waals surface area contributed by atoms with Crippen LogP contribution in [0.2, 0.25) is 0 Å². The van der Waals surface area contributed by atoms with Crippen molar-refractivity contribution in [3.05, 3.63) is 0 Å². The molecule has 1 aliphatic heterocycles. The molecular weight excluding hydrogens is 190 g/mol. The molecule has 0 aliphatic carbocycles. The largest absolute Gasteiger partial charge is 0.461 e. The first-order valence-corrected chi connectivity index (χ1v) is 5.86. The number of carbonyl (C=O) groups is 1. The molecule has 15 heavy (non-hydrogen) atoms. The van der Waals surface area contributed by atoms with Gasteiger partial charge in [-0.25, -0.2) is 0 Å². The summed E-state index contributed by atoms with van der Waals surface area (Å²) >= 11 is 0. The van der Waals surface area contributed by atoms with Crippen LogP contribution < -0.4 is 5.32 Å². The third-order valence-corrected chi connectivity index (χ3v) is 3.04. The van der Waals surface area contributed by atoms with Crippen LogP contribution in [0, 0.1) is 11.3 Å². The van der Waals surface area contributed by atoms with E-state index in [1.165, 1.54) is 0 Å². The third kappa shape index (κ3) is 3.49. The lowest BCUT2D eigenvalue weighted by Gasteiger charge is -2.28. The lowest BCUT2D eigenvalue weighted by molar-refractivity contribution is -0.157. The van der Waals surface area contributed by atoms with E-state index in [1.54, 1.807) is 0 Å². The molecule has 1 fully saturated rings. The van der Waals surface area contributed by atoms with E-state index in [0.717, 1.165) is 25.9 Å². The number of hydrogen-bond acceptors (Lipinski definition) is 3. The van der Waals surface area contributed by atoms with Crippen molar-refractivity contribution in [2.45, 2.75) is 46.6 Å². The molecule has 2 atom stereocenters. The Labute approximate surface area is 92.6 Å². The van der Waals surface area contributed by atoms with Gasteiger partial charge in [-0.05, 0) is 24.8 Å². The summed E-state index contributed by atoms with van der Waals surface area (Å²) in [5.74, 6) is -0.0169. The smallest absolute Gasteiger partial charge is 0.309 e. The van der Waals surface area contributed by atoms with Crippen molar-refractivity contribution >= 4 is 5.97 Å². The minimum atomic E-state index is -0.0290. The van der Waals surface area contributed by atoms with Gasteiger partial charge >= 0.3 is 5.97 Å². The van der Waals surface area contributed by atoms with E-state index >= 15 is 0 Å². The van der Waals surface area contributed by atoms with Gasteiger partial charge in [-0.2, -0.15) is 0 Å². The van der Waals surface area contributed by atoms with Crippen molar-refractivity contribution in [1.29, 1.82) is 0 Å². The maximum Gasteiger partial charge on any atom is 0.309 e. The Morgan fingerprint density at radius 2 is 2.20 bits per heavy atom. The SMILES string of the molecule is CCC(C(=O)OC1CCNC1)C(C)(C)C. The Morgan fingerprint density at radius 1 is 1.53 bits per heavy atom. The predicted molar refractivity (Wildman–Crippen MR) is 60.6 cm³/mol. The lowest BCUT2D eigenvalue weighted by Crippen LogP contribution is -2.33. The molecule has 1 heterocycles. The van der Waals surface area contributed by atoms with Crippen LogP contribution in [0.15, 0.2) is 0 Å². The van der Waals surface area contributed by atoms with Gasteiger partial charge < -0.3 is 10.1 Å². The van der Waals surface area contributed by atoms with Gasteiger partial charge in [-0.1, -0.05) is 27.7 Å². The molecule has 0 aromatic rings. The molecule has 0 amide bonds. The number of rotatable bonds is 3. The molecule has 2 unspecified atom stereocenters. The van der Waals surface area contributed by atoms with Gasteiger partial charge in [-0.15, -0.1) is 0 Å². The van der Waals surface area contributed by atoms with Crippen LogP contribution in [-0.4, -0.2) is 25.2 Å². The summed E-state index contributed by atoms with van der Waals surface area (Å²) < 4.78 is 5.49. The van der Waals surface area contributed by atoms with E-state index in [4.69, 9.17) is 4.74 Å². The lowest BCUT2D eigenvalue weighted by atomic mass is 9.79. The summed E-state index contributed by atoms with van der Waals surface area (Å²) in [6.07, 6.45) is 1.89. The molecule has 1 saturated heterocycles. The van der Waals surface area contributed by atoms with E-state index in [9.17, 15) is 4.79 Å². The highest BCUT2D eigenvalue weighted by molar-refractivity contribution is 5.73. The van der Waals surface area contributed by atoms with Crippen molar-refractivity contribution in [1.82, 2.24) is 5.32 Å². The maximum atomic E-state index is 11.9. The first kappa shape index (κ1) is 12.5. The van der Waals surface area contributed by atoms with E-state index in [-0.39, 0.29) is 23.4 Å². The summed E-state index contributed by atoms with van der Waals surface area (Å²) in [6, 6.07) is 0. The summed E-state index contributed by atoms with van der Waals surface area (Å²) in [6.45, 7) is 10.1. The first-order valence-electron chi connectivity index (χ1n) is 5.86. The summed E-state index contributed by atoms with van der Waals surface area (Å²) in [5.41, 5.74) is -0.00212. The fourth-order valence-corrected chi connectivity index (χ4v) is 2.11. The summed E-state index contributed by atoms with van der Waals surface area (Å²) in [4.78, 5) is 11.9. The fraction of sp³-hybridized carbons (Fsp3) is 0.917. The highest BCUT2D eigenvalue weighted by Crippen LogP contribution is 2.30. The second kappa shape index (κ2) is 4.97. The number of esters is 1. The molecule has 0 aromatic heterocycles. The molecule has 0 saturated carbocycles. The number of nitrogens with one attached hydrogen (secondary N) is 1. The normalized spacial score (nSPS) is 23.9. The van der Waals surface area contributed by atoms with Gasteiger partial charge in [0.25, 0.3) is 0 Å². The molecule has 0 spiro atoms. The van der Waals surface area contributed by atoms with E-state index in [0.29, 0.717) is 0 Å². The molecular formula is C12H23NO2. The van der Waals surface area contributed by atoms with Gasteiger partial charge in [0, 0.05) is 6.54 Å². The number of ether oxygens (including phenoxy) is 1. The Balaban J connectivity index is 2.49. The first-order chi connectivity index (χ1) is 6.95. The fourth-order valence-electron chi connectivity index (χ4n) is 2.11. The van der Waals surface area contributed by atoms with Gasteiger partial charge in [0.15, 0.2) is 0 Å². The minimum absolute atomic E-state index is 0.00212. The van der Waals surface area contributed by atoms with Gasteiger partial charge in [0.05, 0.1) is 5.92 Å². The number of hydrogen-bond donors (Lipinski definition) is 1. The highest BCUT2D eigenvalue weighted by atomic mass is 16.5. The van der Waals surface area contributed by atoms with Crippen LogP contribution in [0.3, 0.4) is 0 Å². The van der Waals surface area contributed by atoms with Crippen molar-refractivity contribution < 1.29 is 9.53 Å². The van der Waals surface area contributed by atoms with Crippen molar-refractivity contribution in [2.75, 3.05) is 13.1 Å². The standard InChI is InChI=1S/C12H23NO2/c1-5-10(12(2,3)4)11(14)15-9-6-7-13-8-9/h9-10,13H,5-8H2,1-4H3. The van der Waals surface area contributed by atoms with Crippen LogP contribution in [0.5, 0.6) is 0 Å². The van der Waals surface area contributed by atoms with Crippen molar-refractivity contribution in [3.63, 3.8) is 0 Å². The van der Waals surface area contributed by atoms with Gasteiger partial charge in [0.1, 0.15) is 6.10 Å². The molecule has 88 valence electrons. The third-order valence-electron chi connectivity index (χ3n) is 3.04. The topological polar surface area (TPSA) is 38.3 Å². The average molecular weight is 213 g/mol. The monoisotopic (exact) mass is 213 g/mol. The quantitative estimate of drug-likeness (QED) is 0.728. The van der Waals surface area contributed by atoms with Gasteiger partial charge in [0.2, 0.25) is 0 Å². The molecule has 0 bridgehead atoms. The highest BCUT2D eigenvalue weighted by Gasteiger charge is 2.32. The Bertz CT molecular complexity index is 214. The molecule has 1 aliphatic rings. The van der Waals surface area contributed by atoms with E-state index in [1.807, 2.05) is 6.92 Å². The van der Waals surface area contributed by atoms with Crippen LogP contribution in [-0.2, 0) is 9.53 Å². The molecule has 3 heteroatoms. The maximum absolute atomic E-state index is 11.9. The van der Waals surface area contributed by atoms with Crippen molar-refractivity contribution in [3.8, 4) is 0 Å². The molecule has 0 radical (unpaired) electrons. The Morgan fingerprint density at radius 3 is 2.60 bits per heavy atom. The summed E-state index contributed by atoms with van der Waals surface area (Å²) in [7, 11) is 0. The molecule has 0 aromatic carbocycles. The number of carbonyl (C=O) groups excluding carboxylic acids is 1. The molecule has 1 rings (SSSR count). The second-order valence-electron chi connectivity index (χ2n) is 5.38.